The monoisotopic (exact) mass is 372 g/mol. The molecule has 2 aromatic carbocycles. The van der Waals surface area contributed by atoms with Gasteiger partial charge >= 0.3 is 12.1 Å². The molecule has 1 aliphatic rings. The van der Waals surface area contributed by atoms with E-state index in [1.54, 1.807) is 73.7 Å². The Labute approximate surface area is 156 Å². The van der Waals surface area contributed by atoms with Crippen molar-refractivity contribution in [1.29, 1.82) is 0 Å². The summed E-state index contributed by atoms with van der Waals surface area (Å²) in [6, 6.07) is 17.1. The Balaban J connectivity index is 2.22. The van der Waals surface area contributed by atoms with Gasteiger partial charge in [0.05, 0.1) is 17.8 Å². The number of benzene rings is 2. The van der Waals surface area contributed by atoms with Gasteiger partial charge in [0, 0.05) is 11.8 Å². The molecule has 2 nitrogen and oxygen atoms in total. The minimum Gasteiger partial charge on any atom is -0.463 e. The van der Waals surface area contributed by atoms with E-state index in [2.05, 4.69) is 0 Å². The minimum atomic E-state index is -4.67. The van der Waals surface area contributed by atoms with Crippen LogP contribution in [0.15, 0.2) is 84.0 Å². The van der Waals surface area contributed by atoms with E-state index >= 15 is 0 Å². The third kappa shape index (κ3) is 3.97. The molecule has 2 aromatic rings. The van der Waals surface area contributed by atoms with Crippen molar-refractivity contribution in [2.45, 2.75) is 24.9 Å². The molecule has 0 bridgehead atoms. The summed E-state index contributed by atoms with van der Waals surface area (Å²) in [6.45, 7) is 1.59. The van der Waals surface area contributed by atoms with Crippen molar-refractivity contribution in [3.05, 3.63) is 95.1 Å². The highest BCUT2D eigenvalue weighted by molar-refractivity contribution is 5.93. The van der Waals surface area contributed by atoms with Gasteiger partial charge in [0.1, 0.15) is 0 Å². The van der Waals surface area contributed by atoms with Gasteiger partial charge in [-0.2, -0.15) is 13.2 Å². The largest absolute Gasteiger partial charge is 0.463 e. The standard InChI is InChI=1S/C22H19F3O2/c1-2-27-21(26)19-17(15-9-5-3-6-10-15)13-14-18(20(19)22(23,24)25)16-11-7-4-8-12-16/h3-14,17-18H,2H2,1H3/t17-,18+/m0/s1. The predicted molar refractivity (Wildman–Crippen MR) is 97.2 cm³/mol. The second-order valence-corrected chi connectivity index (χ2v) is 6.21. The van der Waals surface area contributed by atoms with Crippen molar-refractivity contribution < 1.29 is 22.7 Å². The van der Waals surface area contributed by atoms with Gasteiger partial charge in [0.2, 0.25) is 0 Å². The van der Waals surface area contributed by atoms with Crippen LogP contribution in [0.25, 0.3) is 0 Å². The van der Waals surface area contributed by atoms with Gasteiger partial charge in [-0.15, -0.1) is 0 Å². The van der Waals surface area contributed by atoms with E-state index in [1.807, 2.05) is 0 Å². The summed E-state index contributed by atoms with van der Waals surface area (Å²) >= 11 is 0. The summed E-state index contributed by atoms with van der Waals surface area (Å²) in [4.78, 5) is 12.6. The lowest BCUT2D eigenvalue weighted by Crippen LogP contribution is -2.29. The smallest absolute Gasteiger partial charge is 0.414 e. The Morgan fingerprint density at radius 2 is 1.37 bits per heavy atom. The van der Waals surface area contributed by atoms with Crippen LogP contribution in [0.2, 0.25) is 0 Å². The van der Waals surface area contributed by atoms with E-state index in [0.29, 0.717) is 11.1 Å². The summed E-state index contributed by atoms with van der Waals surface area (Å²) in [5, 5.41) is 0. The van der Waals surface area contributed by atoms with Crippen LogP contribution in [0.3, 0.4) is 0 Å². The molecule has 3 rings (SSSR count). The maximum absolute atomic E-state index is 14.1. The van der Waals surface area contributed by atoms with Crippen LogP contribution in [0.1, 0.15) is 29.9 Å². The molecular formula is C22H19F3O2. The molecule has 0 unspecified atom stereocenters. The number of esters is 1. The quantitative estimate of drug-likeness (QED) is 0.520. The molecule has 0 aromatic heterocycles. The highest BCUT2D eigenvalue weighted by atomic mass is 19.4. The van der Waals surface area contributed by atoms with Gasteiger partial charge in [0.15, 0.2) is 0 Å². The Hall–Kier alpha value is -2.82. The molecule has 140 valence electrons. The average Bonchev–Trinajstić information content (AvgIpc) is 2.67. The molecule has 5 heteroatoms. The number of carbonyl (C=O) groups excluding carboxylic acids is 1. The molecule has 27 heavy (non-hydrogen) atoms. The lowest BCUT2D eigenvalue weighted by Gasteiger charge is -2.30. The highest BCUT2D eigenvalue weighted by Gasteiger charge is 2.46. The fraction of sp³-hybridized carbons (Fsp3) is 0.227. The Bertz CT molecular complexity index is 852. The normalized spacial score (nSPS) is 19.9. The second-order valence-electron chi connectivity index (χ2n) is 6.21. The van der Waals surface area contributed by atoms with Crippen molar-refractivity contribution in [3.8, 4) is 0 Å². The van der Waals surface area contributed by atoms with Crippen LogP contribution in [0.5, 0.6) is 0 Å². The molecule has 0 spiro atoms. The molecule has 0 N–H and O–H groups in total. The number of halogens is 3. The summed E-state index contributed by atoms with van der Waals surface area (Å²) in [5.74, 6) is -2.78. The van der Waals surface area contributed by atoms with Crippen molar-refractivity contribution in [1.82, 2.24) is 0 Å². The first-order chi connectivity index (χ1) is 12.9. The molecule has 0 amide bonds. The van der Waals surface area contributed by atoms with Gasteiger partial charge in [-0.3, -0.25) is 0 Å². The Morgan fingerprint density at radius 3 is 1.85 bits per heavy atom. The average molecular weight is 372 g/mol. The fourth-order valence-electron chi connectivity index (χ4n) is 3.40. The molecule has 0 radical (unpaired) electrons. The zero-order chi connectivity index (χ0) is 19.4. The fourth-order valence-corrected chi connectivity index (χ4v) is 3.40. The summed E-state index contributed by atoms with van der Waals surface area (Å²) in [5.41, 5.74) is -0.102. The third-order valence-electron chi connectivity index (χ3n) is 4.53. The minimum absolute atomic E-state index is 0.00863. The molecule has 0 saturated carbocycles. The number of carbonyl (C=O) groups is 1. The number of hydrogen-bond donors (Lipinski definition) is 0. The molecule has 2 atom stereocenters. The Morgan fingerprint density at radius 1 is 0.889 bits per heavy atom. The van der Waals surface area contributed by atoms with E-state index in [4.69, 9.17) is 4.74 Å². The van der Waals surface area contributed by atoms with Crippen molar-refractivity contribution in [2.24, 2.45) is 0 Å². The lowest BCUT2D eigenvalue weighted by atomic mass is 9.76. The van der Waals surface area contributed by atoms with E-state index in [9.17, 15) is 18.0 Å². The first kappa shape index (κ1) is 19.0. The Kier molecular flexibility index (Phi) is 5.49. The number of alkyl halides is 3. The van der Waals surface area contributed by atoms with Crippen LogP contribution in [0.4, 0.5) is 13.2 Å². The van der Waals surface area contributed by atoms with Crippen molar-refractivity contribution >= 4 is 5.97 Å². The van der Waals surface area contributed by atoms with Gasteiger partial charge in [0.25, 0.3) is 0 Å². The first-order valence-corrected chi connectivity index (χ1v) is 8.70. The SMILES string of the molecule is CCOC(=O)C1=C(C(F)(F)F)[C@@H](c2ccccc2)C=C[C@H]1c1ccccc1. The van der Waals surface area contributed by atoms with Gasteiger partial charge < -0.3 is 4.74 Å². The van der Waals surface area contributed by atoms with E-state index in [0.717, 1.165) is 0 Å². The number of allylic oxidation sites excluding steroid dienone is 3. The summed E-state index contributed by atoms with van der Waals surface area (Å²) in [7, 11) is 0. The number of hydrogen-bond acceptors (Lipinski definition) is 2. The number of rotatable bonds is 4. The van der Waals surface area contributed by atoms with E-state index in [1.165, 1.54) is 6.08 Å². The van der Waals surface area contributed by atoms with E-state index < -0.39 is 29.6 Å². The van der Waals surface area contributed by atoms with Crippen molar-refractivity contribution in [3.63, 3.8) is 0 Å². The second kappa shape index (κ2) is 7.82. The molecule has 0 heterocycles. The topological polar surface area (TPSA) is 26.3 Å². The molecular weight excluding hydrogens is 353 g/mol. The van der Waals surface area contributed by atoms with Crippen LogP contribution < -0.4 is 0 Å². The summed E-state index contributed by atoms with van der Waals surface area (Å²) in [6.07, 6.45) is -1.48. The highest BCUT2D eigenvalue weighted by Crippen LogP contribution is 2.47. The molecule has 1 aliphatic carbocycles. The third-order valence-corrected chi connectivity index (χ3v) is 4.53. The molecule has 0 saturated heterocycles. The van der Waals surface area contributed by atoms with Gasteiger partial charge in [-0.1, -0.05) is 72.8 Å². The van der Waals surface area contributed by atoms with Crippen LogP contribution in [-0.2, 0) is 9.53 Å². The molecule has 0 fully saturated rings. The lowest BCUT2D eigenvalue weighted by molar-refractivity contribution is -0.140. The van der Waals surface area contributed by atoms with E-state index in [-0.39, 0.29) is 12.2 Å². The predicted octanol–water partition coefficient (Wildman–Crippen LogP) is 5.55. The maximum atomic E-state index is 14.1. The van der Waals surface area contributed by atoms with Gasteiger partial charge in [-0.05, 0) is 18.1 Å². The van der Waals surface area contributed by atoms with Crippen molar-refractivity contribution in [2.75, 3.05) is 6.61 Å². The first-order valence-electron chi connectivity index (χ1n) is 8.70. The van der Waals surface area contributed by atoms with Gasteiger partial charge in [-0.25, -0.2) is 4.79 Å². The van der Waals surface area contributed by atoms with Crippen LogP contribution in [0, 0.1) is 0 Å². The maximum Gasteiger partial charge on any atom is 0.414 e. The summed E-state index contributed by atoms with van der Waals surface area (Å²) < 4.78 is 47.4. The number of ether oxygens (including phenoxy) is 1. The molecule has 0 aliphatic heterocycles. The van der Waals surface area contributed by atoms with Crippen LogP contribution >= 0.6 is 0 Å². The zero-order valence-corrected chi connectivity index (χ0v) is 14.7. The zero-order valence-electron chi connectivity index (χ0n) is 14.7. The van der Waals surface area contributed by atoms with Crippen LogP contribution in [-0.4, -0.2) is 18.8 Å².